The zero-order chi connectivity index (χ0) is 34.3. The van der Waals surface area contributed by atoms with Gasteiger partial charge in [0, 0.05) is 23.2 Å². The third-order valence-corrected chi connectivity index (χ3v) is 9.52. The molecule has 0 spiro atoms. The predicted octanol–water partition coefficient (Wildman–Crippen LogP) is 6.28. The minimum absolute atomic E-state index is 0.00235. The molecule has 2 amide bonds. The molecule has 1 aliphatic heterocycles. The molecule has 1 unspecified atom stereocenters. The predicted molar refractivity (Wildman–Crippen MR) is 185 cm³/mol. The first-order valence-electron chi connectivity index (χ1n) is 15.4. The Morgan fingerprint density at radius 2 is 1.84 bits per heavy atom. The number of thioether (sulfide) groups is 1. The highest BCUT2D eigenvalue weighted by Crippen LogP contribution is 2.42. The molecule has 0 radical (unpaired) electrons. The smallest absolute Gasteiger partial charge is 0.253 e. The number of hydrogen-bond donors (Lipinski definition) is 1. The normalized spacial score (nSPS) is 14.0. The number of nitrogens with zero attached hydrogens (tertiary/aromatic N) is 5. The molecule has 0 aliphatic carbocycles. The van der Waals surface area contributed by atoms with E-state index in [0.29, 0.717) is 46.9 Å². The van der Waals surface area contributed by atoms with Crippen LogP contribution in [0.3, 0.4) is 0 Å². The lowest BCUT2D eigenvalue weighted by atomic mass is 9.99. The van der Waals surface area contributed by atoms with Crippen molar-refractivity contribution >= 4 is 40.6 Å². The molecule has 1 N–H and O–H groups in total. The molecule has 0 bridgehead atoms. The Balaban J connectivity index is 1.27. The maximum Gasteiger partial charge on any atom is 0.253 e. The van der Waals surface area contributed by atoms with Crippen molar-refractivity contribution in [1.29, 1.82) is 0 Å². The number of carbonyl (C=O) groups is 2. The first-order chi connectivity index (χ1) is 23.9. The fraction of sp³-hybridized carbons (Fsp3) is 0.229. The van der Waals surface area contributed by atoms with E-state index in [-0.39, 0.29) is 23.8 Å². The first-order valence-corrected chi connectivity index (χ1v) is 17.2. The fourth-order valence-corrected chi connectivity index (χ4v) is 7.00. The Morgan fingerprint density at radius 3 is 2.55 bits per heavy atom. The molecule has 2 aromatic heterocycles. The second kappa shape index (κ2) is 15.3. The third-order valence-electron chi connectivity index (χ3n) is 7.69. The molecule has 3 heterocycles. The van der Waals surface area contributed by atoms with Crippen LogP contribution in [-0.2, 0) is 11.3 Å². The number of ether oxygens (including phenoxy) is 3. The van der Waals surface area contributed by atoms with Gasteiger partial charge in [-0.3, -0.25) is 14.2 Å². The summed E-state index contributed by atoms with van der Waals surface area (Å²) >= 11 is 2.76. The number of aromatic nitrogens is 3. The Labute approximate surface area is 290 Å². The van der Waals surface area contributed by atoms with Crippen molar-refractivity contribution in [2.75, 3.05) is 26.6 Å². The molecule has 252 valence electrons. The summed E-state index contributed by atoms with van der Waals surface area (Å²) in [7, 11) is 3.15. The maximum atomic E-state index is 14.0. The molecule has 0 saturated carbocycles. The van der Waals surface area contributed by atoms with Gasteiger partial charge < -0.3 is 19.5 Å². The average Bonchev–Trinajstić information content (AvgIpc) is 3.90. The minimum Gasteiger partial charge on any atom is -0.494 e. The molecule has 6 rings (SSSR count). The van der Waals surface area contributed by atoms with Crippen LogP contribution >= 0.6 is 23.1 Å². The van der Waals surface area contributed by atoms with Gasteiger partial charge in [-0.1, -0.05) is 36.0 Å². The molecule has 49 heavy (non-hydrogen) atoms. The van der Waals surface area contributed by atoms with Crippen LogP contribution in [0.15, 0.2) is 94.5 Å². The number of amides is 2. The van der Waals surface area contributed by atoms with Crippen molar-refractivity contribution in [3.63, 3.8) is 0 Å². The SMILES string of the molecule is CCOc1ccc(-n2c(CNC(=O)c3cccc(F)c3)nnc2SCC(=O)N2N=C(c3cccs3)CC2c2cccc(OC)c2OC)cc1. The lowest BCUT2D eigenvalue weighted by molar-refractivity contribution is -0.130. The molecule has 14 heteroatoms. The van der Waals surface area contributed by atoms with Gasteiger partial charge in [0.05, 0.1) is 49.8 Å². The Bertz CT molecular complexity index is 1970. The molecule has 0 saturated heterocycles. The van der Waals surface area contributed by atoms with Gasteiger partial charge in [0.2, 0.25) is 0 Å². The second-order valence-corrected chi connectivity index (χ2v) is 12.6. The molecular formula is C35H33FN6O5S2. The molecule has 1 aliphatic rings. The number of thiophene rings is 1. The number of hydrazone groups is 1. The van der Waals surface area contributed by atoms with Gasteiger partial charge in [0.15, 0.2) is 22.5 Å². The minimum atomic E-state index is -0.509. The van der Waals surface area contributed by atoms with E-state index < -0.39 is 17.8 Å². The highest BCUT2D eigenvalue weighted by Gasteiger charge is 2.36. The van der Waals surface area contributed by atoms with Crippen LogP contribution < -0.4 is 19.5 Å². The van der Waals surface area contributed by atoms with E-state index in [0.717, 1.165) is 16.2 Å². The van der Waals surface area contributed by atoms with Crippen LogP contribution in [0.4, 0.5) is 4.39 Å². The zero-order valence-electron chi connectivity index (χ0n) is 27.0. The number of carbonyl (C=O) groups excluding carboxylic acids is 2. The Hall–Kier alpha value is -5.21. The van der Waals surface area contributed by atoms with Gasteiger partial charge >= 0.3 is 0 Å². The summed E-state index contributed by atoms with van der Waals surface area (Å²) in [6.07, 6.45) is 0.498. The van der Waals surface area contributed by atoms with Gasteiger partial charge in [0.1, 0.15) is 11.6 Å². The number of rotatable bonds is 13. The highest BCUT2D eigenvalue weighted by molar-refractivity contribution is 7.99. The zero-order valence-corrected chi connectivity index (χ0v) is 28.6. The average molecular weight is 701 g/mol. The first kappa shape index (κ1) is 33.7. The maximum absolute atomic E-state index is 14.0. The molecule has 11 nitrogen and oxygen atoms in total. The summed E-state index contributed by atoms with van der Waals surface area (Å²) in [5, 5.41) is 20.3. The van der Waals surface area contributed by atoms with Crippen LogP contribution in [0.5, 0.6) is 17.2 Å². The van der Waals surface area contributed by atoms with Crippen molar-refractivity contribution in [2.45, 2.75) is 31.1 Å². The van der Waals surface area contributed by atoms with E-state index in [1.54, 1.807) is 30.1 Å². The van der Waals surface area contributed by atoms with Crippen molar-refractivity contribution in [2.24, 2.45) is 5.10 Å². The van der Waals surface area contributed by atoms with E-state index in [9.17, 15) is 14.0 Å². The van der Waals surface area contributed by atoms with E-state index in [1.807, 2.05) is 66.9 Å². The summed E-state index contributed by atoms with van der Waals surface area (Å²) in [5.74, 6) is 1.00. The van der Waals surface area contributed by atoms with Crippen LogP contribution in [0.25, 0.3) is 5.69 Å². The monoisotopic (exact) mass is 700 g/mol. The lowest BCUT2D eigenvalue weighted by Crippen LogP contribution is -2.29. The molecule has 0 fully saturated rings. The Morgan fingerprint density at radius 1 is 1.02 bits per heavy atom. The molecule has 5 aromatic rings. The van der Waals surface area contributed by atoms with Gasteiger partial charge in [-0.2, -0.15) is 5.10 Å². The van der Waals surface area contributed by atoms with Gasteiger partial charge in [-0.05, 0) is 66.9 Å². The van der Waals surface area contributed by atoms with Gasteiger partial charge in [0.25, 0.3) is 11.8 Å². The third kappa shape index (κ3) is 7.44. The number of para-hydroxylation sites is 1. The van der Waals surface area contributed by atoms with Gasteiger partial charge in [-0.25, -0.2) is 9.40 Å². The topological polar surface area (TPSA) is 120 Å². The van der Waals surface area contributed by atoms with Crippen molar-refractivity contribution in [3.8, 4) is 22.9 Å². The Kier molecular flexibility index (Phi) is 10.5. The van der Waals surface area contributed by atoms with Gasteiger partial charge in [-0.15, -0.1) is 21.5 Å². The second-order valence-electron chi connectivity index (χ2n) is 10.7. The van der Waals surface area contributed by atoms with Crippen LogP contribution in [0.2, 0.25) is 0 Å². The molecule has 1 atom stereocenters. The number of methoxy groups -OCH3 is 2. The summed E-state index contributed by atoms with van der Waals surface area (Å²) < 4.78 is 32.4. The van der Waals surface area contributed by atoms with Crippen molar-refractivity contribution in [1.82, 2.24) is 25.1 Å². The standard InChI is InChI=1S/C35H33FN6O5S2/c1-4-47-25-15-13-24(14-16-25)41-31(20-37-34(44)22-8-5-9-23(36)18-22)38-39-35(41)49-21-32(43)42-28(19-27(40-42)30-12-7-17-48-30)26-10-6-11-29(45-2)33(26)46-3/h5-18,28H,4,19-21H2,1-3H3,(H,37,44). The summed E-state index contributed by atoms with van der Waals surface area (Å²) in [6.45, 7) is 2.42. The van der Waals surface area contributed by atoms with E-state index in [4.69, 9.17) is 19.3 Å². The fourth-order valence-electron chi connectivity index (χ4n) is 5.46. The lowest BCUT2D eigenvalue weighted by Gasteiger charge is -2.24. The van der Waals surface area contributed by atoms with Crippen LogP contribution in [-0.4, -0.2) is 63.9 Å². The number of nitrogens with one attached hydrogen (secondary N) is 1. The quantitative estimate of drug-likeness (QED) is 0.143. The van der Waals surface area contributed by atoms with Crippen LogP contribution in [0.1, 0.15) is 46.0 Å². The van der Waals surface area contributed by atoms with Crippen molar-refractivity contribution in [3.05, 3.63) is 112 Å². The van der Waals surface area contributed by atoms with E-state index in [1.165, 1.54) is 41.0 Å². The number of halogens is 1. The number of hydrogen-bond acceptors (Lipinski definition) is 10. The van der Waals surface area contributed by atoms with E-state index >= 15 is 0 Å². The van der Waals surface area contributed by atoms with Crippen molar-refractivity contribution < 1.29 is 28.2 Å². The largest absolute Gasteiger partial charge is 0.494 e. The molecule has 3 aromatic carbocycles. The summed E-state index contributed by atoms with van der Waals surface area (Å²) in [6, 6.07) is 21.9. The summed E-state index contributed by atoms with van der Waals surface area (Å²) in [4.78, 5) is 27.8. The van der Waals surface area contributed by atoms with E-state index in [2.05, 4.69) is 15.5 Å². The summed E-state index contributed by atoms with van der Waals surface area (Å²) in [5.41, 5.74) is 2.47. The highest BCUT2D eigenvalue weighted by atomic mass is 32.2. The number of benzene rings is 3. The molecular weight excluding hydrogens is 668 g/mol. The van der Waals surface area contributed by atoms with Crippen LogP contribution in [0, 0.1) is 5.82 Å².